The Morgan fingerprint density at radius 3 is 2.36 bits per heavy atom. The lowest BCUT2D eigenvalue weighted by molar-refractivity contribution is 0.0867. The Hall–Kier alpha value is -1.15. The van der Waals surface area contributed by atoms with Gasteiger partial charge < -0.3 is 10.4 Å². The summed E-state index contributed by atoms with van der Waals surface area (Å²) in [6.07, 6.45) is 3.41. The smallest absolute Gasteiger partial charge is 0.253 e. The molecule has 3 rings (SSSR count). The van der Waals surface area contributed by atoms with E-state index in [1.165, 1.54) is 22.5 Å². The second-order valence-corrected chi connectivity index (χ2v) is 10.7. The van der Waals surface area contributed by atoms with Gasteiger partial charge in [-0.25, -0.2) is 8.42 Å². The van der Waals surface area contributed by atoms with Gasteiger partial charge in [0.05, 0.1) is 21.6 Å². The predicted molar refractivity (Wildman–Crippen MR) is 109 cm³/mol. The second-order valence-electron chi connectivity index (χ2n) is 8.39. The zero-order valence-corrected chi connectivity index (χ0v) is 18.0. The highest BCUT2D eigenvalue weighted by Gasteiger charge is 2.32. The fourth-order valence-electron chi connectivity index (χ4n) is 4.27. The van der Waals surface area contributed by atoms with Crippen molar-refractivity contribution >= 4 is 27.5 Å². The second kappa shape index (κ2) is 8.69. The van der Waals surface area contributed by atoms with Gasteiger partial charge in [-0.1, -0.05) is 25.4 Å². The van der Waals surface area contributed by atoms with Crippen molar-refractivity contribution in [1.82, 2.24) is 9.62 Å². The van der Waals surface area contributed by atoms with Crippen molar-refractivity contribution in [3.63, 3.8) is 0 Å². The van der Waals surface area contributed by atoms with E-state index in [1.807, 2.05) is 0 Å². The molecule has 0 bridgehead atoms. The van der Waals surface area contributed by atoms with Crippen LogP contribution < -0.4 is 5.32 Å². The Morgan fingerprint density at radius 1 is 1.14 bits per heavy atom. The maximum atomic E-state index is 13.1. The molecule has 1 aromatic rings. The van der Waals surface area contributed by atoms with Crippen LogP contribution in [0, 0.1) is 11.8 Å². The molecule has 2 fully saturated rings. The summed E-state index contributed by atoms with van der Waals surface area (Å²) in [5.41, 5.74) is 0.173. The van der Waals surface area contributed by atoms with Gasteiger partial charge in [-0.2, -0.15) is 4.31 Å². The summed E-state index contributed by atoms with van der Waals surface area (Å²) in [5.74, 6) is 0.231. The summed E-state index contributed by atoms with van der Waals surface area (Å²) < 4.78 is 27.7. The standard InChI is InChI=1S/C20H29ClN2O4S/c1-13-9-14(2)12-23(11-13)28(26,27)17-7-8-19(21)18(10-17)20(25)22-15-3-5-16(24)6-4-15/h7-8,10,13-16,24H,3-6,9,11-12H2,1-2H3,(H,22,25). The first kappa shape index (κ1) is 21.6. The first-order chi connectivity index (χ1) is 13.2. The fourth-order valence-corrected chi connectivity index (χ4v) is 6.18. The van der Waals surface area contributed by atoms with E-state index in [0.717, 1.165) is 6.42 Å². The van der Waals surface area contributed by atoms with Gasteiger partial charge in [0.25, 0.3) is 5.91 Å². The Labute approximate surface area is 172 Å². The number of hydrogen-bond donors (Lipinski definition) is 2. The van der Waals surface area contributed by atoms with Crippen molar-refractivity contribution in [2.24, 2.45) is 11.8 Å². The number of benzene rings is 1. The van der Waals surface area contributed by atoms with Gasteiger partial charge in [0.2, 0.25) is 10.0 Å². The van der Waals surface area contributed by atoms with Crippen LogP contribution in [0.2, 0.25) is 5.02 Å². The first-order valence-electron chi connectivity index (χ1n) is 9.95. The molecule has 1 aliphatic heterocycles. The number of nitrogens with zero attached hydrogens (tertiary/aromatic N) is 1. The number of amides is 1. The Bertz CT molecular complexity index is 811. The number of aliphatic hydroxyl groups excluding tert-OH is 1. The van der Waals surface area contributed by atoms with Crippen molar-refractivity contribution in [2.45, 2.75) is 63.0 Å². The van der Waals surface area contributed by atoms with E-state index >= 15 is 0 Å². The average molecular weight is 429 g/mol. The number of nitrogens with one attached hydrogen (secondary N) is 1. The van der Waals surface area contributed by atoms with E-state index in [9.17, 15) is 18.3 Å². The van der Waals surface area contributed by atoms with Crippen molar-refractivity contribution in [2.75, 3.05) is 13.1 Å². The molecule has 8 heteroatoms. The number of rotatable bonds is 4. The van der Waals surface area contributed by atoms with Gasteiger partial charge in [0.1, 0.15) is 0 Å². The molecule has 1 saturated heterocycles. The van der Waals surface area contributed by atoms with Crippen molar-refractivity contribution in [3.05, 3.63) is 28.8 Å². The zero-order valence-electron chi connectivity index (χ0n) is 16.4. The Balaban J connectivity index is 1.79. The molecule has 1 aromatic carbocycles. The highest BCUT2D eigenvalue weighted by molar-refractivity contribution is 7.89. The molecule has 0 aromatic heterocycles. The number of hydrogen-bond acceptors (Lipinski definition) is 4. The predicted octanol–water partition coefficient (Wildman–Crippen LogP) is 3.04. The lowest BCUT2D eigenvalue weighted by atomic mass is 9.93. The van der Waals surface area contributed by atoms with Crippen molar-refractivity contribution in [1.29, 1.82) is 0 Å². The third-order valence-electron chi connectivity index (χ3n) is 5.69. The number of aliphatic hydroxyl groups is 1. The summed E-state index contributed by atoms with van der Waals surface area (Å²) >= 11 is 6.20. The van der Waals surface area contributed by atoms with Crippen LogP contribution in [0.3, 0.4) is 0 Å². The quantitative estimate of drug-likeness (QED) is 0.771. The summed E-state index contributed by atoms with van der Waals surface area (Å²) in [4.78, 5) is 12.8. The number of sulfonamides is 1. The number of carbonyl (C=O) groups is 1. The highest BCUT2D eigenvalue weighted by atomic mass is 35.5. The van der Waals surface area contributed by atoms with E-state index in [1.54, 1.807) is 0 Å². The average Bonchev–Trinajstić information content (AvgIpc) is 2.63. The molecule has 2 atom stereocenters. The van der Waals surface area contributed by atoms with E-state index < -0.39 is 10.0 Å². The number of piperidine rings is 1. The van der Waals surface area contributed by atoms with Gasteiger partial charge >= 0.3 is 0 Å². The molecule has 28 heavy (non-hydrogen) atoms. The van der Waals surface area contributed by atoms with Crippen molar-refractivity contribution < 1.29 is 18.3 Å². The van der Waals surface area contributed by atoms with E-state index in [0.29, 0.717) is 50.6 Å². The Morgan fingerprint density at radius 2 is 1.75 bits per heavy atom. The molecular formula is C20H29ClN2O4S. The van der Waals surface area contributed by atoms with Gasteiger partial charge in [-0.05, 0) is 62.1 Å². The molecule has 2 unspecified atom stereocenters. The SMILES string of the molecule is CC1CC(C)CN(S(=O)(=O)c2ccc(Cl)c(C(=O)NC3CCC(O)CC3)c2)C1. The van der Waals surface area contributed by atoms with Crippen LogP contribution in [0.25, 0.3) is 0 Å². The molecule has 0 radical (unpaired) electrons. The summed E-state index contributed by atoms with van der Waals surface area (Å²) in [6, 6.07) is 4.30. The lowest BCUT2D eigenvalue weighted by Crippen LogP contribution is -2.42. The summed E-state index contributed by atoms with van der Waals surface area (Å²) in [7, 11) is -3.68. The number of halogens is 1. The number of carbonyl (C=O) groups excluding carboxylic acids is 1. The Kier molecular flexibility index (Phi) is 6.69. The van der Waals surface area contributed by atoms with Crippen LogP contribution in [0.5, 0.6) is 0 Å². The fraction of sp³-hybridized carbons (Fsp3) is 0.650. The molecule has 156 valence electrons. The molecule has 1 amide bonds. The lowest BCUT2D eigenvalue weighted by Gasteiger charge is -2.34. The third-order valence-corrected chi connectivity index (χ3v) is 7.84. The van der Waals surface area contributed by atoms with Crippen LogP contribution >= 0.6 is 11.6 Å². The molecule has 2 aliphatic rings. The normalized spacial score (nSPS) is 29.4. The van der Waals surface area contributed by atoms with Crippen LogP contribution in [0.1, 0.15) is 56.3 Å². The van der Waals surface area contributed by atoms with Crippen LogP contribution in [0.4, 0.5) is 0 Å². The third kappa shape index (κ3) is 4.87. The van der Waals surface area contributed by atoms with E-state index in [4.69, 9.17) is 11.6 Å². The van der Waals surface area contributed by atoms with Gasteiger partial charge in [0, 0.05) is 19.1 Å². The van der Waals surface area contributed by atoms with Gasteiger partial charge in [0.15, 0.2) is 0 Å². The summed E-state index contributed by atoms with van der Waals surface area (Å²) in [6.45, 7) is 5.09. The molecule has 0 spiro atoms. The molecule has 6 nitrogen and oxygen atoms in total. The van der Waals surface area contributed by atoms with Crippen LogP contribution in [0.15, 0.2) is 23.1 Å². The van der Waals surface area contributed by atoms with E-state index in [-0.39, 0.29) is 33.5 Å². The maximum absolute atomic E-state index is 13.1. The molecule has 1 aliphatic carbocycles. The maximum Gasteiger partial charge on any atom is 0.253 e. The molecule has 2 N–H and O–H groups in total. The molecular weight excluding hydrogens is 400 g/mol. The largest absolute Gasteiger partial charge is 0.393 e. The van der Waals surface area contributed by atoms with Crippen LogP contribution in [-0.2, 0) is 10.0 Å². The minimum atomic E-state index is -3.68. The minimum absolute atomic E-state index is 0.0315. The molecule has 1 heterocycles. The van der Waals surface area contributed by atoms with Gasteiger partial charge in [-0.3, -0.25) is 4.79 Å². The van der Waals surface area contributed by atoms with Gasteiger partial charge in [-0.15, -0.1) is 0 Å². The molecule has 1 saturated carbocycles. The minimum Gasteiger partial charge on any atom is -0.393 e. The summed E-state index contributed by atoms with van der Waals surface area (Å²) in [5, 5.41) is 12.8. The van der Waals surface area contributed by atoms with Crippen LogP contribution in [-0.4, -0.2) is 49.0 Å². The van der Waals surface area contributed by atoms with E-state index in [2.05, 4.69) is 19.2 Å². The topological polar surface area (TPSA) is 86.7 Å². The first-order valence-corrected chi connectivity index (χ1v) is 11.8. The highest BCUT2D eigenvalue weighted by Crippen LogP contribution is 2.29. The monoisotopic (exact) mass is 428 g/mol. The zero-order chi connectivity index (χ0) is 20.5. The van der Waals surface area contributed by atoms with Crippen molar-refractivity contribution in [3.8, 4) is 0 Å².